The molecule has 1 N–H and O–H groups in total. The summed E-state index contributed by atoms with van der Waals surface area (Å²) in [5, 5.41) is 7.26. The summed E-state index contributed by atoms with van der Waals surface area (Å²) < 4.78 is 5.60. The largest absolute Gasteiger partial charge is 0.353 e. The molecule has 0 spiro atoms. The van der Waals surface area contributed by atoms with E-state index in [1.165, 1.54) is 0 Å². The number of carbonyl (C=O) groups excluding carboxylic acids is 2. The number of benzene rings is 2. The van der Waals surface area contributed by atoms with Crippen LogP contribution in [0.2, 0.25) is 0 Å². The predicted molar refractivity (Wildman–Crippen MR) is 121 cm³/mol. The van der Waals surface area contributed by atoms with E-state index in [1.807, 2.05) is 60.7 Å². The highest BCUT2D eigenvalue weighted by atomic mass is 16.5. The molecule has 32 heavy (non-hydrogen) atoms. The van der Waals surface area contributed by atoms with E-state index in [2.05, 4.69) is 15.5 Å². The van der Waals surface area contributed by atoms with Crippen LogP contribution < -0.4 is 5.32 Å². The van der Waals surface area contributed by atoms with Crippen LogP contribution in [0.4, 0.5) is 0 Å². The average Bonchev–Trinajstić information content (AvgIpc) is 3.46. The van der Waals surface area contributed by atoms with E-state index in [0.29, 0.717) is 37.4 Å². The molecule has 0 aliphatic heterocycles. The predicted octanol–water partition coefficient (Wildman–Crippen LogP) is 3.44. The van der Waals surface area contributed by atoms with E-state index in [-0.39, 0.29) is 29.7 Å². The zero-order chi connectivity index (χ0) is 22.5. The van der Waals surface area contributed by atoms with Gasteiger partial charge in [-0.2, -0.15) is 4.98 Å². The van der Waals surface area contributed by atoms with Crippen LogP contribution in [0, 0.1) is 5.92 Å². The summed E-state index contributed by atoms with van der Waals surface area (Å²) >= 11 is 0. The zero-order valence-corrected chi connectivity index (χ0v) is 18.4. The molecule has 1 aliphatic carbocycles. The number of amides is 2. The van der Waals surface area contributed by atoms with Gasteiger partial charge in [0, 0.05) is 38.0 Å². The fourth-order valence-corrected chi connectivity index (χ4v) is 4.31. The summed E-state index contributed by atoms with van der Waals surface area (Å²) in [6.45, 7) is 0. The number of carbonyl (C=O) groups is 2. The standard InChI is InChI=1S/C25H28N4O3/c1-29(2)25(31)19-15-20(24-27-23(28-32-24)18-11-7-4-8-12-18)21(16-19)26-22(30)14-13-17-9-5-3-6-10-17/h3-12,19-21H,13-16H2,1-2H3,(H,26,30)/t19-,20-,21+/m1/s1. The van der Waals surface area contributed by atoms with Gasteiger partial charge < -0.3 is 14.7 Å². The summed E-state index contributed by atoms with van der Waals surface area (Å²) in [6, 6.07) is 19.3. The van der Waals surface area contributed by atoms with Crippen molar-refractivity contribution in [2.45, 2.75) is 37.6 Å². The Morgan fingerprint density at radius 3 is 2.41 bits per heavy atom. The number of aryl methyl sites for hydroxylation is 1. The smallest absolute Gasteiger partial charge is 0.232 e. The minimum absolute atomic E-state index is 0.0374. The van der Waals surface area contributed by atoms with Gasteiger partial charge in [0.2, 0.25) is 23.5 Å². The quantitative estimate of drug-likeness (QED) is 0.618. The Balaban J connectivity index is 1.48. The number of nitrogens with one attached hydrogen (secondary N) is 1. The van der Waals surface area contributed by atoms with E-state index >= 15 is 0 Å². The van der Waals surface area contributed by atoms with Crippen LogP contribution in [0.15, 0.2) is 65.2 Å². The Hall–Kier alpha value is -3.48. The van der Waals surface area contributed by atoms with E-state index < -0.39 is 0 Å². The molecule has 4 rings (SSSR count). The lowest BCUT2D eigenvalue weighted by atomic mass is 10.0. The molecule has 166 valence electrons. The second-order valence-electron chi connectivity index (χ2n) is 8.49. The Morgan fingerprint density at radius 1 is 1.03 bits per heavy atom. The van der Waals surface area contributed by atoms with Crippen LogP contribution >= 0.6 is 0 Å². The van der Waals surface area contributed by atoms with Crippen molar-refractivity contribution in [3.05, 3.63) is 72.1 Å². The fourth-order valence-electron chi connectivity index (χ4n) is 4.31. The Bertz CT molecular complexity index is 1050. The van der Waals surface area contributed by atoms with E-state index in [9.17, 15) is 9.59 Å². The molecule has 2 aromatic carbocycles. The van der Waals surface area contributed by atoms with Crippen LogP contribution in [0.3, 0.4) is 0 Å². The molecule has 3 aromatic rings. The second kappa shape index (κ2) is 9.77. The lowest BCUT2D eigenvalue weighted by molar-refractivity contribution is -0.133. The molecule has 0 bridgehead atoms. The number of rotatable bonds is 7. The molecular formula is C25H28N4O3. The van der Waals surface area contributed by atoms with Gasteiger partial charge in [-0.25, -0.2) is 0 Å². The number of hydrogen-bond acceptors (Lipinski definition) is 5. The monoisotopic (exact) mass is 432 g/mol. The highest BCUT2D eigenvalue weighted by molar-refractivity contribution is 5.80. The minimum Gasteiger partial charge on any atom is -0.353 e. The molecule has 1 aliphatic rings. The summed E-state index contributed by atoms with van der Waals surface area (Å²) in [6.07, 6.45) is 2.18. The third kappa shape index (κ3) is 5.04. The van der Waals surface area contributed by atoms with Gasteiger partial charge in [-0.15, -0.1) is 0 Å². The minimum atomic E-state index is -0.226. The molecule has 0 unspecified atom stereocenters. The van der Waals surface area contributed by atoms with Gasteiger partial charge in [0.1, 0.15) is 0 Å². The molecule has 1 aromatic heterocycles. The van der Waals surface area contributed by atoms with Crippen molar-refractivity contribution >= 4 is 11.8 Å². The Kier molecular flexibility index (Phi) is 6.63. The van der Waals surface area contributed by atoms with Crippen LogP contribution in [0.5, 0.6) is 0 Å². The van der Waals surface area contributed by atoms with Crippen LogP contribution in [-0.2, 0) is 16.0 Å². The lowest BCUT2D eigenvalue weighted by Gasteiger charge is -2.18. The van der Waals surface area contributed by atoms with Crippen molar-refractivity contribution in [1.82, 2.24) is 20.4 Å². The topological polar surface area (TPSA) is 88.3 Å². The van der Waals surface area contributed by atoms with Crippen LogP contribution in [-0.4, -0.2) is 47.0 Å². The van der Waals surface area contributed by atoms with Crippen molar-refractivity contribution < 1.29 is 14.1 Å². The van der Waals surface area contributed by atoms with E-state index in [4.69, 9.17) is 4.52 Å². The second-order valence-corrected chi connectivity index (χ2v) is 8.49. The summed E-state index contributed by atoms with van der Waals surface area (Å²) in [5.74, 6) is 0.600. The Morgan fingerprint density at radius 2 is 1.72 bits per heavy atom. The van der Waals surface area contributed by atoms with Gasteiger partial charge >= 0.3 is 0 Å². The fraction of sp³-hybridized carbons (Fsp3) is 0.360. The maximum atomic E-state index is 12.7. The van der Waals surface area contributed by atoms with Gasteiger partial charge in [-0.05, 0) is 24.8 Å². The maximum Gasteiger partial charge on any atom is 0.232 e. The van der Waals surface area contributed by atoms with Gasteiger partial charge in [0.25, 0.3) is 0 Å². The van der Waals surface area contributed by atoms with Gasteiger partial charge in [-0.1, -0.05) is 65.8 Å². The van der Waals surface area contributed by atoms with Gasteiger partial charge in [0.15, 0.2) is 0 Å². The highest BCUT2D eigenvalue weighted by Gasteiger charge is 2.42. The summed E-state index contributed by atoms with van der Waals surface area (Å²) in [7, 11) is 3.51. The highest BCUT2D eigenvalue weighted by Crippen LogP contribution is 2.39. The Labute approximate surface area is 187 Å². The van der Waals surface area contributed by atoms with Crippen molar-refractivity contribution in [2.75, 3.05) is 14.1 Å². The third-order valence-corrected chi connectivity index (χ3v) is 5.97. The molecule has 3 atom stereocenters. The normalized spacial score (nSPS) is 20.1. The molecule has 7 heteroatoms. The van der Waals surface area contributed by atoms with Gasteiger partial charge in [-0.3, -0.25) is 9.59 Å². The molecular weight excluding hydrogens is 404 g/mol. The first kappa shape index (κ1) is 21.7. The number of hydrogen-bond donors (Lipinski definition) is 1. The van der Waals surface area contributed by atoms with Crippen molar-refractivity contribution in [2.24, 2.45) is 5.92 Å². The van der Waals surface area contributed by atoms with E-state index in [1.54, 1.807) is 19.0 Å². The number of aromatic nitrogens is 2. The van der Waals surface area contributed by atoms with E-state index in [0.717, 1.165) is 11.1 Å². The van der Waals surface area contributed by atoms with Gasteiger partial charge in [0.05, 0.1) is 5.92 Å². The maximum absolute atomic E-state index is 12.7. The molecule has 1 saturated carbocycles. The van der Waals surface area contributed by atoms with Crippen molar-refractivity contribution in [3.63, 3.8) is 0 Å². The lowest BCUT2D eigenvalue weighted by Crippen LogP contribution is -2.37. The van der Waals surface area contributed by atoms with Crippen molar-refractivity contribution in [3.8, 4) is 11.4 Å². The molecule has 7 nitrogen and oxygen atoms in total. The molecule has 2 amide bonds. The first-order valence-corrected chi connectivity index (χ1v) is 10.9. The van der Waals surface area contributed by atoms with Crippen LogP contribution in [0.1, 0.15) is 36.6 Å². The zero-order valence-electron chi connectivity index (χ0n) is 18.4. The molecule has 0 saturated heterocycles. The first-order valence-electron chi connectivity index (χ1n) is 10.9. The summed E-state index contributed by atoms with van der Waals surface area (Å²) in [5.41, 5.74) is 1.99. The number of nitrogens with zero attached hydrogens (tertiary/aromatic N) is 3. The molecule has 0 radical (unpaired) electrons. The first-order chi connectivity index (χ1) is 15.5. The SMILES string of the molecule is CN(C)C(=O)[C@H]1C[C@H](NC(=O)CCc2ccccc2)[C@H](c2nc(-c3ccccc3)no2)C1. The molecule has 1 fully saturated rings. The molecule has 1 heterocycles. The summed E-state index contributed by atoms with van der Waals surface area (Å²) in [4.78, 5) is 31.6. The van der Waals surface area contributed by atoms with Crippen LogP contribution in [0.25, 0.3) is 11.4 Å². The average molecular weight is 433 g/mol. The van der Waals surface area contributed by atoms with Crippen molar-refractivity contribution in [1.29, 1.82) is 0 Å². The third-order valence-electron chi connectivity index (χ3n) is 5.97.